The molecule has 0 bridgehead atoms. The van der Waals surface area contributed by atoms with Crippen LogP contribution >= 0.6 is 0 Å². The number of aliphatic imine (C=N–C) groups is 1. The number of para-hydroxylation sites is 1. The Labute approximate surface area is 226 Å². The van der Waals surface area contributed by atoms with Gasteiger partial charge >= 0.3 is 5.97 Å². The Morgan fingerprint density at radius 1 is 0.861 bits per heavy atom. The van der Waals surface area contributed by atoms with Crippen LogP contribution in [0.2, 0.25) is 0 Å². The fourth-order valence-corrected chi connectivity index (χ4v) is 3.24. The van der Waals surface area contributed by atoms with Gasteiger partial charge in [-0.25, -0.2) is 4.79 Å². The van der Waals surface area contributed by atoms with Crippen molar-refractivity contribution >= 4 is 17.9 Å². The van der Waals surface area contributed by atoms with E-state index in [0.29, 0.717) is 23.5 Å². The van der Waals surface area contributed by atoms with Gasteiger partial charge in [0, 0.05) is 25.7 Å². The number of methoxy groups -OCH3 is 1. The fourth-order valence-electron chi connectivity index (χ4n) is 3.24. The number of hydrogen-bond acceptors (Lipinski definition) is 5. The summed E-state index contributed by atoms with van der Waals surface area (Å²) in [6.45, 7) is 0.383. The Kier molecular flexibility index (Phi) is 13.0. The number of rotatable bonds is 6. The Morgan fingerprint density at radius 3 is 2.00 bits per heavy atom. The van der Waals surface area contributed by atoms with Crippen LogP contribution in [-0.4, -0.2) is 19.3 Å². The van der Waals surface area contributed by atoms with Crippen molar-refractivity contribution in [1.29, 1.82) is 0 Å². The third-order valence-corrected chi connectivity index (χ3v) is 5.22. The summed E-state index contributed by atoms with van der Waals surface area (Å²) >= 11 is 0. The van der Waals surface area contributed by atoms with Crippen molar-refractivity contribution in [2.24, 2.45) is 4.99 Å². The molecule has 0 unspecified atom stereocenters. The second kappa shape index (κ2) is 16.2. The molecule has 5 nitrogen and oxygen atoms in total. The zero-order chi connectivity index (χ0) is 24.7. The van der Waals surface area contributed by atoms with Gasteiger partial charge in [0.2, 0.25) is 0 Å². The number of hydrogen-bond donors (Lipinski definition) is 0. The average molecular weight is 571 g/mol. The maximum absolute atomic E-state index is 11.7. The van der Waals surface area contributed by atoms with Gasteiger partial charge in [-0.05, 0) is 73.2 Å². The molecule has 6 heteroatoms. The minimum atomic E-state index is -0.363. The zero-order valence-corrected chi connectivity index (χ0v) is 21.9. The summed E-state index contributed by atoms with van der Waals surface area (Å²) in [6.07, 6.45) is 15.6. The molecule has 0 amide bonds. The van der Waals surface area contributed by atoms with E-state index in [2.05, 4.69) is 34.0 Å². The van der Waals surface area contributed by atoms with E-state index in [1.165, 1.54) is 38.9 Å². The molecule has 0 atom stereocenters. The van der Waals surface area contributed by atoms with Crippen molar-refractivity contribution in [3.05, 3.63) is 114 Å². The Hall–Kier alpha value is -3.50. The molecule has 1 radical (unpaired) electrons. The number of ether oxygens (including phenoxy) is 2. The molecule has 0 aliphatic heterocycles. The van der Waals surface area contributed by atoms with E-state index in [1.807, 2.05) is 36.4 Å². The number of carbonyl (C=O) groups excluding carboxylic acids is 1. The maximum Gasteiger partial charge on any atom is 0.337 e. The van der Waals surface area contributed by atoms with Crippen LogP contribution in [0.1, 0.15) is 47.2 Å². The number of benzene rings is 3. The number of esters is 1. The third kappa shape index (κ3) is 10.0. The molecule has 189 valence electrons. The van der Waals surface area contributed by atoms with Crippen molar-refractivity contribution in [2.45, 2.75) is 32.3 Å². The van der Waals surface area contributed by atoms with E-state index in [1.54, 1.807) is 36.5 Å². The quantitative estimate of drug-likeness (QED) is 0.146. The van der Waals surface area contributed by atoms with Crippen LogP contribution in [0.25, 0.3) is 0 Å². The van der Waals surface area contributed by atoms with Crippen molar-refractivity contribution in [3.63, 3.8) is 0 Å². The van der Waals surface area contributed by atoms with Crippen LogP contribution in [0, 0.1) is 0 Å². The molecule has 0 aromatic heterocycles. The number of allylic oxidation sites excluding steroid dienone is 4. The Morgan fingerprint density at radius 2 is 1.44 bits per heavy atom. The Balaban J connectivity index is 0.000000433. The van der Waals surface area contributed by atoms with Gasteiger partial charge in [-0.2, -0.15) is 0 Å². The number of nitrogens with zero attached hydrogens (tertiary/aromatic N) is 1. The van der Waals surface area contributed by atoms with Crippen molar-refractivity contribution in [2.75, 3.05) is 7.11 Å². The standard InChI is InChI=1S/C22H19NO4.C8H12.Rh/c1-26-22(25)17-8-6-16(7-9-17)15-27-20-12-10-19(11-13-20)23-14-18-4-2-3-5-21(18)24;1-2-4-6-8-7-5-3-1;/h2-14,24H,15H2,1H3;1-2,7-8H,3-6H2;/p-1/b;2-1-,8-7-;. The predicted molar refractivity (Wildman–Crippen MR) is 138 cm³/mol. The van der Waals surface area contributed by atoms with E-state index in [4.69, 9.17) is 4.74 Å². The van der Waals surface area contributed by atoms with E-state index >= 15 is 0 Å². The van der Waals surface area contributed by atoms with Gasteiger partial charge in [-0.15, -0.1) is 5.75 Å². The molecule has 3 aromatic carbocycles. The molecule has 0 heterocycles. The first-order valence-corrected chi connectivity index (χ1v) is 11.7. The smallest absolute Gasteiger partial charge is 0.337 e. The van der Waals surface area contributed by atoms with Crippen LogP contribution in [0.15, 0.2) is 102 Å². The van der Waals surface area contributed by atoms with Crippen molar-refractivity contribution in [3.8, 4) is 11.5 Å². The van der Waals surface area contributed by atoms with E-state index < -0.39 is 0 Å². The molecule has 0 saturated carbocycles. The molecule has 36 heavy (non-hydrogen) atoms. The molecule has 0 saturated heterocycles. The van der Waals surface area contributed by atoms with Gasteiger partial charge < -0.3 is 14.6 Å². The molecular weight excluding hydrogens is 541 g/mol. The summed E-state index contributed by atoms with van der Waals surface area (Å²) in [5.41, 5.74) is 2.72. The summed E-state index contributed by atoms with van der Waals surface area (Å²) in [7, 11) is 1.35. The van der Waals surface area contributed by atoms with Crippen molar-refractivity contribution < 1.29 is 38.9 Å². The monoisotopic (exact) mass is 571 g/mol. The van der Waals surface area contributed by atoms with E-state index in [9.17, 15) is 9.90 Å². The fraction of sp³-hybridized carbons (Fsp3) is 0.200. The van der Waals surface area contributed by atoms with Crippen molar-refractivity contribution in [1.82, 2.24) is 0 Å². The topological polar surface area (TPSA) is 71.0 Å². The minimum Gasteiger partial charge on any atom is -0.872 e. The van der Waals surface area contributed by atoms with Crippen LogP contribution in [-0.2, 0) is 30.8 Å². The summed E-state index contributed by atoms with van der Waals surface area (Å²) in [5.74, 6) is 0.285. The van der Waals surface area contributed by atoms with Crippen LogP contribution in [0.4, 0.5) is 5.69 Å². The minimum absolute atomic E-state index is 0. The molecule has 1 aliphatic carbocycles. The van der Waals surface area contributed by atoms with Crippen LogP contribution in [0.3, 0.4) is 0 Å². The molecule has 4 rings (SSSR count). The molecule has 0 spiro atoms. The van der Waals surface area contributed by atoms with Gasteiger partial charge in [-0.1, -0.05) is 60.7 Å². The largest absolute Gasteiger partial charge is 0.872 e. The predicted octanol–water partition coefficient (Wildman–Crippen LogP) is 6.55. The molecular formula is C30H30NO4Rh-. The average Bonchev–Trinajstić information content (AvgIpc) is 2.87. The zero-order valence-electron chi connectivity index (χ0n) is 20.3. The first-order chi connectivity index (χ1) is 17.2. The summed E-state index contributed by atoms with van der Waals surface area (Å²) in [6, 6.07) is 21.1. The second-order valence-electron chi connectivity index (χ2n) is 7.86. The van der Waals surface area contributed by atoms with Gasteiger partial charge in [0.25, 0.3) is 0 Å². The second-order valence-corrected chi connectivity index (χ2v) is 7.86. The third-order valence-electron chi connectivity index (χ3n) is 5.22. The van der Waals surface area contributed by atoms with E-state index in [-0.39, 0.29) is 31.2 Å². The van der Waals surface area contributed by atoms with Crippen LogP contribution < -0.4 is 9.84 Å². The summed E-state index contributed by atoms with van der Waals surface area (Å²) in [5, 5.41) is 11.7. The molecule has 0 N–H and O–H groups in total. The first-order valence-electron chi connectivity index (χ1n) is 11.7. The normalized spacial score (nSPS) is 14.2. The molecule has 1 aliphatic rings. The Bertz CT molecular complexity index is 1130. The SMILES string of the molecule is C1=C\CC/C=C\CC/1.COC(=O)c1ccc(COc2ccc(N=Cc3ccccc3[O-])cc2)cc1.[Rh]. The van der Waals surface area contributed by atoms with Gasteiger partial charge in [0.15, 0.2) is 0 Å². The number of carbonyl (C=O) groups is 1. The molecule has 3 aromatic rings. The first kappa shape index (κ1) is 28.7. The van der Waals surface area contributed by atoms with Gasteiger partial charge in [0.05, 0.1) is 18.4 Å². The summed E-state index contributed by atoms with van der Waals surface area (Å²) in [4.78, 5) is 15.7. The van der Waals surface area contributed by atoms with E-state index in [0.717, 1.165) is 11.3 Å². The maximum atomic E-state index is 11.7. The van der Waals surface area contributed by atoms with Gasteiger partial charge in [0.1, 0.15) is 12.4 Å². The van der Waals surface area contributed by atoms with Gasteiger partial charge in [-0.3, -0.25) is 4.99 Å². The van der Waals surface area contributed by atoms with Crippen LogP contribution in [0.5, 0.6) is 11.5 Å². The molecule has 0 fully saturated rings. The summed E-state index contributed by atoms with van der Waals surface area (Å²) < 4.78 is 10.4.